The van der Waals surface area contributed by atoms with E-state index in [1.165, 1.54) is 0 Å². The maximum Gasteiger partial charge on any atom is 0.276 e. The molecule has 0 spiro atoms. The number of carbonyl (C=O) groups excluding carboxylic acids is 1. The number of benzene rings is 1. The molecule has 1 aliphatic heterocycles. The lowest BCUT2D eigenvalue weighted by molar-refractivity contribution is 0.102. The quantitative estimate of drug-likeness (QED) is 0.733. The van der Waals surface area contributed by atoms with Crippen molar-refractivity contribution in [1.82, 2.24) is 15.2 Å². The number of amides is 1. The minimum atomic E-state index is -0.318. The van der Waals surface area contributed by atoms with Crippen molar-refractivity contribution < 1.29 is 4.79 Å². The van der Waals surface area contributed by atoms with Crippen LogP contribution in [0, 0.1) is 0 Å². The van der Waals surface area contributed by atoms with Crippen molar-refractivity contribution in [2.75, 3.05) is 41.3 Å². The first-order chi connectivity index (χ1) is 13.7. The summed E-state index contributed by atoms with van der Waals surface area (Å²) in [7, 11) is 0. The SMILES string of the molecule is O=C(Nc1cccc(Cl)c1)c1ccc(N2CCN(c3ccccn3)CC2)nn1. The number of hydrogen-bond acceptors (Lipinski definition) is 6. The first-order valence-electron chi connectivity index (χ1n) is 9.00. The number of halogens is 1. The molecule has 0 saturated carbocycles. The summed E-state index contributed by atoms with van der Waals surface area (Å²) in [6.07, 6.45) is 1.81. The van der Waals surface area contributed by atoms with E-state index < -0.39 is 0 Å². The van der Waals surface area contributed by atoms with Crippen LogP contribution in [0.5, 0.6) is 0 Å². The summed E-state index contributed by atoms with van der Waals surface area (Å²) in [5, 5.41) is 11.7. The Bertz CT molecular complexity index is 942. The molecule has 1 fully saturated rings. The maximum atomic E-state index is 12.3. The summed E-state index contributed by atoms with van der Waals surface area (Å²) in [6, 6.07) is 16.4. The highest BCUT2D eigenvalue weighted by atomic mass is 35.5. The lowest BCUT2D eigenvalue weighted by Gasteiger charge is -2.35. The fourth-order valence-corrected chi connectivity index (χ4v) is 3.27. The summed E-state index contributed by atoms with van der Waals surface area (Å²) in [5.74, 6) is 1.43. The standard InChI is InChI=1S/C20H19ClN6O/c21-15-4-3-5-16(14-15)23-20(28)17-7-8-19(25-24-17)27-12-10-26(11-13-27)18-6-1-2-9-22-18/h1-9,14H,10-13H2,(H,23,28). The van der Waals surface area contributed by atoms with Crippen LogP contribution in [0.3, 0.4) is 0 Å². The van der Waals surface area contributed by atoms with E-state index in [2.05, 4.69) is 30.3 Å². The summed E-state index contributed by atoms with van der Waals surface area (Å²) in [4.78, 5) is 21.1. The Balaban J connectivity index is 1.36. The van der Waals surface area contributed by atoms with Crippen LogP contribution in [0.4, 0.5) is 17.3 Å². The Morgan fingerprint density at radius 3 is 2.32 bits per heavy atom. The van der Waals surface area contributed by atoms with E-state index in [0.717, 1.165) is 37.8 Å². The molecule has 1 saturated heterocycles. The average Bonchev–Trinajstić information content (AvgIpc) is 2.75. The van der Waals surface area contributed by atoms with Gasteiger partial charge in [-0.1, -0.05) is 23.7 Å². The van der Waals surface area contributed by atoms with Crippen molar-refractivity contribution in [2.24, 2.45) is 0 Å². The van der Waals surface area contributed by atoms with Crippen molar-refractivity contribution in [3.63, 3.8) is 0 Å². The number of pyridine rings is 1. The van der Waals surface area contributed by atoms with Crippen molar-refractivity contribution >= 4 is 34.8 Å². The summed E-state index contributed by atoms with van der Waals surface area (Å²) >= 11 is 5.94. The minimum absolute atomic E-state index is 0.260. The number of aromatic nitrogens is 3. The number of nitrogens with one attached hydrogen (secondary N) is 1. The molecular formula is C20H19ClN6O. The van der Waals surface area contributed by atoms with E-state index >= 15 is 0 Å². The molecule has 1 aliphatic rings. The molecule has 3 aromatic rings. The molecule has 0 unspecified atom stereocenters. The van der Waals surface area contributed by atoms with E-state index in [0.29, 0.717) is 10.7 Å². The smallest absolute Gasteiger partial charge is 0.276 e. The number of rotatable bonds is 4. The minimum Gasteiger partial charge on any atom is -0.353 e. The van der Waals surface area contributed by atoms with Gasteiger partial charge >= 0.3 is 0 Å². The van der Waals surface area contributed by atoms with Gasteiger partial charge in [-0.25, -0.2) is 4.98 Å². The van der Waals surface area contributed by atoms with Gasteiger partial charge in [-0.05, 0) is 42.5 Å². The summed E-state index contributed by atoms with van der Waals surface area (Å²) in [6.45, 7) is 3.35. The second kappa shape index (κ2) is 8.22. The molecule has 8 heteroatoms. The van der Waals surface area contributed by atoms with Crippen molar-refractivity contribution in [3.05, 3.63) is 71.5 Å². The highest BCUT2D eigenvalue weighted by molar-refractivity contribution is 6.30. The summed E-state index contributed by atoms with van der Waals surface area (Å²) < 4.78 is 0. The van der Waals surface area contributed by atoms with Gasteiger partial charge in [0.1, 0.15) is 5.82 Å². The predicted octanol–water partition coefficient (Wildman–Crippen LogP) is 3.10. The van der Waals surface area contributed by atoms with Crippen molar-refractivity contribution in [2.45, 2.75) is 0 Å². The molecule has 0 radical (unpaired) electrons. The number of nitrogens with zero attached hydrogens (tertiary/aromatic N) is 5. The third-order valence-electron chi connectivity index (χ3n) is 4.54. The summed E-state index contributed by atoms with van der Waals surface area (Å²) in [5.41, 5.74) is 0.880. The Hall–Kier alpha value is -3.19. The average molecular weight is 395 g/mol. The molecule has 7 nitrogen and oxygen atoms in total. The van der Waals surface area contributed by atoms with E-state index in [1.54, 1.807) is 36.5 Å². The van der Waals surface area contributed by atoms with E-state index in [9.17, 15) is 4.79 Å². The molecule has 142 valence electrons. The highest BCUT2D eigenvalue weighted by Gasteiger charge is 2.19. The van der Waals surface area contributed by atoms with Crippen LogP contribution >= 0.6 is 11.6 Å². The number of carbonyl (C=O) groups is 1. The Morgan fingerprint density at radius 2 is 1.68 bits per heavy atom. The van der Waals surface area contributed by atoms with E-state index in [-0.39, 0.29) is 11.6 Å². The zero-order valence-corrected chi connectivity index (χ0v) is 15.9. The van der Waals surface area contributed by atoms with Crippen molar-refractivity contribution in [3.8, 4) is 0 Å². The molecule has 0 aliphatic carbocycles. The van der Waals surface area contributed by atoms with Crippen LogP contribution in [0.25, 0.3) is 0 Å². The molecule has 0 atom stereocenters. The van der Waals surface area contributed by atoms with Gasteiger partial charge in [0.25, 0.3) is 5.91 Å². The van der Waals surface area contributed by atoms with Crippen LogP contribution in [0.2, 0.25) is 5.02 Å². The first kappa shape index (κ1) is 18.2. The fourth-order valence-electron chi connectivity index (χ4n) is 3.08. The normalized spacial score (nSPS) is 14.0. The maximum absolute atomic E-state index is 12.3. The van der Waals surface area contributed by atoms with Gasteiger partial charge in [0.05, 0.1) is 0 Å². The third-order valence-corrected chi connectivity index (χ3v) is 4.78. The van der Waals surface area contributed by atoms with Crippen molar-refractivity contribution in [1.29, 1.82) is 0 Å². The molecule has 2 aromatic heterocycles. The molecule has 3 heterocycles. The second-order valence-electron chi connectivity index (χ2n) is 6.40. The highest BCUT2D eigenvalue weighted by Crippen LogP contribution is 2.18. The molecular weight excluding hydrogens is 376 g/mol. The van der Waals surface area contributed by atoms with E-state index in [1.807, 2.05) is 24.3 Å². The van der Waals surface area contributed by atoms with Crippen LogP contribution in [0.1, 0.15) is 10.5 Å². The molecule has 1 aromatic carbocycles. The molecule has 4 rings (SSSR count). The molecule has 28 heavy (non-hydrogen) atoms. The number of hydrogen-bond donors (Lipinski definition) is 1. The van der Waals surface area contributed by atoms with Crippen LogP contribution in [-0.4, -0.2) is 47.3 Å². The van der Waals surface area contributed by atoms with Gasteiger partial charge < -0.3 is 15.1 Å². The lowest BCUT2D eigenvalue weighted by atomic mass is 10.2. The zero-order chi connectivity index (χ0) is 19.3. The molecule has 1 N–H and O–H groups in total. The monoisotopic (exact) mass is 394 g/mol. The van der Waals surface area contributed by atoms with E-state index in [4.69, 9.17) is 11.6 Å². The second-order valence-corrected chi connectivity index (χ2v) is 6.84. The fraction of sp³-hybridized carbons (Fsp3) is 0.200. The van der Waals surface area contributed by atoms with Gasteiger partial charge in [0.15, 0.2) is 11.5 Å². The number of anilines is 3. The first-order valence-corrected chi connectivity index (χ1v) is 9.38. The third kappa shape index (κ3) is 4.20. The van der Waals surface area contributed by atoms with Gasteiger partial charge in [-0.2, -0.15) is 0 Å². The predicted molar refractivity (Wildman–Crippen MR) is 110 cm³/mol. The molecule has 0 bridgehead atoms. The lowest BCUT2D eigenvalue weighted by Crippen LogP contribution is -2.47. The van der Waals surface area contributed by atoms with Gasteiger partial charge in [-0.3, -0.25) is 4.79 Å². The van der Waals surface area contributed by atoms with Crippen LogP contribution in [0.15, 0.2) is 60.8 Å². The Labute approximate surface area is 168 Å². The van der Waals surface area contributed by atoms with Crippen LogP contribution in [-0.2, 0) is 0 Å². The Morgan fingerprint density at radius 1 is 0.893 bits per heavy atom. The van der Waals surface area contributed by atoms with Gasteiger partial charge in [-0.15, -0.1) is 10.2 Å². The topological polar surface area (TPSA) is 74.2 Å². The van der Waals surface area contributed by atoms with Gasteiger partial charge in [0.2, 0.25) is 0 Å². The Kier molecular flexibility index (Phi) is 5.34. The number of piperazine rings is 1. The van der Waals surface area contributed by atoms with Gasteiger partial charge in [0, 0.05) is 43.1 Å². The zero-order valence-electron chi connectivity index (χ0n) is 15.1. The molecule has 1 amide bonds. The largest absolute Gasteiger partial charge is 0.353 e. The van der Waals surface area contributed by atoms with Crippen LogP contribution < -0.4 is 15.1 Å².